The van der Waals surface area contributed by atoms with Gasteiger partial charge in [0, 0.05) is 19.3 Å². The van der Waals surface area contributed by atoms with Crippen molar-refractivity contribution < 1.29 is 19.4 Å². The first-order valence-electron chi connectivity index (χ1n) is 7.32. The van der Waals surface area contributed by atoms with Crippen LogP contribution in [0.5, 0.6) is 0 Å². The number of carbonyl (C=O) groups excluding carboxylic acids is 1. The van der Waals surface area contributed by atoms with Crippen LogP contribution < -0.4 is 5.32 Å². The van der Waals surface area contributed by atoms with E-state index in [1.807, 2.05) is 4.90 Å². The Morgan fingerprint density at radius 2 is 1.90 bits per heavy atom. The second-order valence-electron chi connectivity index (χ2n) is 6.10. The zero-order valence-electron chi connectivity index (χ0n) is 12.1. The third-order valence-electron chi connectivity index (χ3n) is 4.43. The summed E-state index contributed by atoms with van der Waals surface area (Å²) in [4.78, 5) is 25.2. The quantitative estimate of drug-likeness (QED) is 0.784. The van der Waals surface area contributed by atoms with Gasteiger partial charge in [0.2, 0.25) is 5.91 Å². The normalized spacial score (nSPS) is 24.2. The lowest BCUT2D eigenvalue weighted by atomic mass is 9.80. The average molecular weight is 284 g/mol. The van der Waals surface area contributed by atoms with Gasteiger partial charge >= 0.3 is 5.97 Å². The minimum absolute atomic E-state index is 0.0378. The van der Waals surface area contributed by atoms with E-state index in [4.69, 9.17) is 4.74 Å². The van der Waals surface area contributed by atoms with Crippen LogP contribution in [0.4, 0.5) is 0 Å². The number of likely N-dealkylation sites (tertiary alicyclic amines) is 1. The smallest absolute Gasteiger partial charge is 0.309 e. The van der Waals surface area contributed by atoms with Crippen molar-refractivity contribution in [1.82, 2.24) is 10.2 Å². The molecular formula is C14H24N2O4. The third kappa shape index (κ3) is 3.93. The Morgan fingerprint density at radius 1 is 1.30 bits per heavy atom. The molecule has 0 radical (unpaired) electrons. The van der Waals surface area contributed by atoms with Crippen LogP contribution in [0.25, 0.3) is 0 Å². The Hall–Kier alpha value is -1.14. The van der Waals surface area contributed by atoms with Crippen molar-refractivity contribution in [1.29, 1.82) is 0 Å². The summed E-state index contributed by atoms with van der Waals surface area (Å²) >= 11 is 0. The van der Waals surface area contributed by atoms with Crippen molar-refractivity contribution in [3.8, 4) is 0 Å². The Morgan fingerprint density at radius 3 is 2.45 bits per heavy atom. The molecule has 2 N–H and O–H groups in total. The van der Waals surface area contributed by atoms with Crippen LogP contribution in [0.15, 0.2) is 0 Å². The summed E-state index contributed by atoms with van der Waals surface area (Å²) in [5, 5.41) is 12.2. The van der Waals surface area contributed by atoms with Gasteiger partial charge in [-0.1, -0.05) is 0 Å². The standard InChI is InChI=1S/C14H24N2O4/c1-14(13(18)19)4-6-16(7-5-14)10-12(17)15-11-2-8-20-9-3-11/h11H,2-10H2,1H3,(H,15,17)(H,18,19). The molecule has 0 aromatic carbocycles. The van der Waals surface area contributed by atoms with Gasteiger partial charge in [0.25, 0.3) is 0 Å². The van der Waals surface area contributed by atoms with Crippen molar-refractivity contribution in [2.24, 2.45) is 5.41 Å². The predicted octanol–water partition coefficient (Wildman–Crippen LogP) is 0.468. The summed E-state index contributed by atoms with van der Waals surface area (Å²) < 4.78 is 5.26. The number of carbonyl (C=O) groups is 2. The number of carboxylic acids is 1. The Kier molecular flexibility index (Phi) is 4.99. The minimum atomic E-state index is -0.733. The number of ether oxygens (including phenoxy) is 1. The van der Waals surface area contributed by atoms with E-state index < -0.39 is 11.4 Å². The molecule has 0 aliphatic carbocycles. The molecule has 0 saturated carbocycles. The van der Waals surface area contributed by atoms with Gasteiger partial charge in [-0.3, -0.25) is 14.5 Å². The molecule has 2 aliphatic rings. The molecule has 0 aromatic heterocycles. The first-order chi connectivity index (χ1) is 9.49. The van der Waals surface area contributed by atoms with Crippen LogP contribution in [0.2, 0.25) is 0 Å². The summed E-state index contributed by atoms with van der Waals surface area (Å²) in [7, 11) is 0. The van der Waals surface area contributed by atoms with Crippen LogP contribution >= 0.6 is 0 Å². The number of nitrogens with zero attached hydrogens (tertiary/aromatic N) is 1. The van der Waals surface area contributed by atoms with E-state index in [0.29, 0.717) is 45.7 Å². The van der Waals surface area contributed by atoms with E-state index >= 15 is 0 Å². The van der Waals surface area contributed by atoms with Crippen LogP contribution in [0.1, 0.15) is 32.6 Å². The molecule has 6 nitrogen and oxygen atoms in total. The van der Waals surface area contributed by atoms with Gasteiger partial charge in [-0.2, -0.15) is 0 Å². The van der Waals surface area contributed by atoms with E-state index in [-0.39, 0.29) is 11.9 Å². The summed E-state index contributed by atoms with van der Waals surface area (Å²) in [6, 6.07) is 0.227. The fourth-order valence-corrected chi connectivity index (χ4v) is 2.74. The lowest BCUT2D eigenvalue weighted by molar-refractivity contribution is -0.150. The highest BCUT2D eigenvalue weighted by molar-refractivity contribution is 5.78. The Balaban J connectivity index is 1.72. The topological polar surface area (TPSA) is 78.9 Å². The number of hydrogen-bond donors (Lipinski definition) is 2. The number of carboxylic acid groups (broad SMARTS) is 1. The second kappa shape index (κ2) is 6.54. The number of rotatable bonds is 4. The Labute approximate surface area is 119 Å². The summed E-state index contributed by atoms with van der Waals surface area (Å²) in [5.41, 5.74) is -0.631. The zero-order valence-corrected chi connectivity index (χ0v) is 12.1. The number of piperidine rings is 1. The van der Waals surface area contributed by atoms with Crippen LogP contribution in [-0.4, -0.2) is 60.8 Å². The van der Waals surface area contributed by atoms with Crippen molar-refractivity contribution in [3.05, 3.63) is 0 Å². The van der Waals surface area contributed by atoms with Crippen molar-refractivity contribution in [2.45, 2.75) is 38.6 Å². The maximum absolute atomic E-state index is 12.0. The summed E-state index contributed by atoms with van der Waals surface area (Å²) in [5.74, 6) is -0.695. The fourth-order valence-electron chi connectivity index (χ4n) is 2.74. The largest absolute Gasteiger partial charge is 0.481 e. The lowest BCUT2D eigenvalue weighted by Gasteiger charge is -2.36. The molecule has 1 amide bonds. The van der Waals surface area contributed by atoms with E-state index in [9.17, 15) is 14.7 Å². The van der Waals surface area contributed by atoms with Crippen LogP contribution in [0.3, 0.4) is 0 Å². The molecule has 0 unspecified atom stereocenters. The fraction of sp³-hybridized carbons (Fsp3) is 0.857. The molecule has 2 aliphatic heterocycles. The molecule has 0 aromatic rings. The number of nitrogens with one attached hydrogen (secondary N) is 1. The van der Waals surface area contributed by atoms with Gasteiger partial charge in [-0.05, 0) is 45.7 Å². The number of aliphatic carboxylic acids is 1. The summed E-state index contributed by atoms with van der Waals surface area (Å²) in [6.45, 7) is 4.92. The first kappa shape index (κ1) is 15.3. The van der Waals surface area contributed by atoms with Gasteiger partial charge in [-0.25, -0.2) is 0 Å². The average Bonchev–Trinajstić information content (AvgIpc) is 2.42. The molecule has 0 atom stereocenters. The van der Waals surface area contributed by atoms with Gasteiger partial charge < -0.3 is 15.2 Å². The van der Waals surface area contributed by atoms with Gasteiger partial charge in [0.1, 0.15) is 0 Å². The molecule has 2 heterocycles. The maximum atomic E-state index is 12.0. The second-order valence-corrected chi connectivity index (χ2v) is 6.10. The van der Waals surface area contributed by atoms with E-state index in [1.165, 1.54) is 0 Å². The molecule has 114 valence electrons. The number of amides is 1. The van der Waals surface area contributed by atoms with E-state index in [2.05, 4.69) is 5.32 Å². The van der Waals surface area contributed by atoms with Gasteiger partial charge in [0.05, 0.1) is 12.0 Å². The highest BCUT2D eigenvalue weighted by atomic mass is 16.5. The maximum Gasteiger partial charge on any atom is 0.309 e. The lowest BCUT2D eigenvalue weighted by Crippen LogP contribution is -2.48. The van der Waals surface area contributed by atoms with Gasteiger partial charge in [0.15, 0.2) is 0 Å². The highest BCUT2D eigenvalue weighted by Crippen LogP contribution is 2.30. The SMILES string of the molecule is CC1(C(=O)O)CCN(CC(=O)NC2CCOCC2)CC1. The van der Waals surface area contributed by atoms with E-state index in [1.54, 1.807) is 6.92 Å². The predicted molar refractivity (Wildman–Crippen MR) is 73.4 cm³/mol. The Bertz CT molecular complexity index is 358. The molecular weight excluding hydrogens is 260 g/mol. The molecule has 2 fully saturated rings. The van der Waals surface area contributed by atoms with Gasteiger partial charge in [-0.15, -0.1) is 0 Å². The third-order valence-corrected chi connectivity index (χ3v) is 4.43. The van der Waals surface area contributed by atoms with Crippen LogP contribution in [-0.2, 0) is 14.3 Å². The summed E-state index contributed by atoms with van der Waals surface area (Å²) in [6.07, 6.45) is 2.96. The molecule has 6 heteroatoms. The molecule has 2 rings (SSSR count). The van der Waals surface area contributed by atoms with E-state index in [0.717, 1.165) is 12.8 Å². The van der Waals surface area contributed by atoms with Crippen molar-refractivity contribution >= 4 is 11.9 Å². The monoisotopic (exact) mass is 284 g/mol. The molecule has 2 saturated heterocycles. The number of hydrogen-bond acceptors (Lipinski definition) is 4. The highest BCUT2D eigenvalue weighted by Gasteiger charge is 2.37. The zero-order chi connectivity index (χ0) is 14.6. The van der Waals surface area contributed by atoms with Crippen molar-refractivity contribution in [3.63, 3.8) is 0 Å². The minimum Gasteiger partial charge on any atom is -0.481 e. The van der Waals surface area contributed by atoms with Crippen LogP contribution in [0, 0.1) is 5.41 Å². The van der Waals surface area contributed by atoms with Crippen molar-refractivity contribution in [2.75, 3.05) is 32.8 Å². The first-order valence-corrected chi connectivity index (χ1v) is 7.32. The molecule has 0 bridgehead atoms. The molecule has 0 spiro atoms. The molecule has 20 heavy (non-hydrogen) atoms.